The molecule has 0 aliphatic carbocycles. The average molecular weight is 316 g/mol. The molecule has 3 N–H and O–H groups in total. The first-order valence-electron chi connectivity index (χ1n) is 6.93. The fraction of sp³-hybridized carbons (Fsp3) is 0.571. The molecule has 0 fully saturated rings. The van der Waals surface area contributed by atoms with Crippen molar-refractivity contribution in [1.82, 2.24) is 4.72 Å². The molecule has 0 saturated carbocycles. The second-order valence-electron chi connectivity index (χ2n) is 4.49. The number of hydrogen-bond acceptors (Lipinski definition) is 5. The van der Waals surface area contributed by atoms with E-state index in [9.17, 15) is 8.42 Å². The summed E-state index contributed by atoms with van der Waals surface area (Å²) in [4.78, 5) is 0.233. The fourth-order valence-corrected chi connectivity index (χ4v) is 2.94. The van der Waals surface area contributed by atoms with Crippen molar-refractivity contribution in [3.63, 3.8) is 0 Å². The van der Waals surface area contributed by atoms with Crippen LogP contribution in [0.1, 0.15) is 18.1 Å². The van der Waals surface area contributed by atoms with Gasteiger partial charge in [-0.2, -0.15) is 0 Å². The predicted octanol–water partition coefficient (Wildman–Crippen LogP) is 0.649. The summed E-state index contributed by atoms with van der Waals surface area (Å²) >= 11 is 0. The number of nitrogens with two attached hydrogens (primary N) is 1. The number of sulfonamides is 1. The van der Waals surface area contributed by atoms with Crippen LogP contribution in [0.15, 0.2) is 23.1 Å². The van der Waals surface area contributed by atoms with Crippen molar-refractivity contribution in [3.05, 3.63) is 29.3 Å². The number of aryl methyl sites for hydroxylation is 1. The maximum atomic E-state index is 12.2. The number of benzene rings is 1. The summed E-state index contributed by atoms with van der Waals surface area (Å²) < 4.78 is 36.9. The highest BCUT2D eigenvalue weighted by Gasteiger charge is 2.14. The Balaban J connectivity index is 2.62. The molecule has 1 aromatic carbocycles. The van der Waals surface area contributed by atoms with Gasteiger partial charge in [0.15, 0.2) is 0 Å². The van der Waals surface area contributed by atoms with Crippen LogP contribution in [-0.4, -0.2) is 41.9 Å². The molecule has 0 heterocycles. The molecule has 120 valence electrons. The molecular formula is C14H24N2O4S. The van der Waals surface area contributed by atoms with Crippen molar-refractivity contribution in [2.24, 2.45) is 5.73 Å². The van der Waals surface area contributed by atoms with Crippen LogP contribution in [0, 0.1) is 0 Å². The lowest BCUT2D eigenvalue weighted by molar-refractivity contribution is 0.0736. The summed E-state index contributed by atoms with van der Waals surface area (Å²) in [6.07, 6.45) is 0.827. The Morgan fingerprint density at radius 3 is 2.57 bits per heavy atom. The van der Waals surface area contributed by atoms with Gasteiger partial charge in [0.2, 0.25) is 10.0 Å². The van der Waals surface area contributed by atoms with Crippen molar-refractivity contribution < 1.29 is 17.9 Å². The lowest BCUT2D eigenvalue weighted by Gasteiger charge is -2.11. The second-order valence-corrected chi connectivity index (χ2v) is 6.26. The van der Waals surface area contributed by atoms with Crippen molar-refractivity contribution in [3.8, 4) is 0 Å². The maximum Gasteiger partial charge on any atom is 0.240 e. The highest BCUT2D eigenvalue weighted by molar-refractivity contribution is 7.89. The van der Waals surface area contributed by atoms with Gasteiger partial charge in [-0.25, -0.2) is 13.1 Å². The third kappa shape index (κ3) is 5.72. The van der Waals surface area contributed by atoms with Crippen LogP contribution in [0.25, 0.3) is 0 Å². The number of methoxy groups -OCH3 is 1. The minimum Gasteiger partial charge on any atom is -0.382 e. The average Bonchev–Trinajstić information content (AvgIpc) is 2.49. The first-order valence-corrected chi connectivity index (χ1v) is 8.41. The molecule has 0 radical (unpaired) electrons. The molecule has 0 aliphatic rings. The molecule has 1 aromatic rings. The molecule has 0 aliphatic heterocycles. The van der Waals surface area contributed by atoms with Gasteiger partial charge in [-0.1, -0.05) is 13.0 Å². The zero-order chi connectivity index (χ0) is 15.7. The van der Waals surface area contributed by atoms with E-state index in [2.05, 4.69) is 4.72 Å². The van der Waals surface area contributed by atoms with Crippen molar-refractivity contribution in [2.75, 3.05) is 33.5 Å². The summed E-state index contributed by atoms with van der Waals surface area (Å²) in [7, 11) is -1.94. The summed E-state index contributed by atoms with van der Waals surface area (Å²) in [5.41, 5.74) is 7.59. The second kappa shape index (κ2) is 9.11. The molecule has 0 bridgehead atoms. The highest BCUT2D eigenvalue weighted by Crippen LogP contribution is 2.16. The largest absolute Gasteiger partial charge is 0.382 e. The van der Waals surface area contributed by atoms with Crippen LogP contribution in [0.5, 0.6) is 0 Å². The number of hydrogen-bond donors (Lipinski definition) is 2. The van der Waals surface area contributed by atoms with Crippen LogP contribution in [0.3, 0.4) is 0 Å². The van der Waals surface area contributed by atoms with Crippen LogP contribution in [-0.2, 0) is 32.5 Å². The Morgan fingerprint density at radius 2 is 1.95 bits per heavy atom. The van der Waals surface area contributed by atoms with Crippen LogP contribution >= 0.6 is 0 Å². The molecule has 1 rings (SSSR count). The normalized spacial score (nSPS) is 11.8. The van der Waals surface area contributed by atoms with Crippen LogP contribution in [0.2, 0.25) is 0 Å². The van der Waals surface area contributed by atoms with Gasteiger partial charge in [0, 0.05) is 20.2 Å². The van der Waals surface area contributed by atoms with Gasteiger partial charge in [-0.15, -0.1) is 0 Å². The highest BCUT2D eigenvalue weighted by atomic mass is 32.2. The lowest BCUT2D eigenvalue weighted by atomic mass is 10.1. The lowest BCUT2D eigenvalue weighted by Crippen LogP contribution is -2.28. The van der Waals surface area contributed by atoms with Gasteiger partial charge in [-0.05, 0) is 29.7 Å². The quantitative estimate of drug-likeness (QED) is 0.619. The minimum atomic E-state index is -3.53. The van der Waals surface area contributed by atoms with Gasteiger partial charge in [0.25, 0.3) is 0 Å². The third-order valence-electron chi connectivity index (χ3n) is 3.06. The minimum absolute atomic E-state index is 0.222. The maximum absolute atomic E-state index is 12.2. The standard InChI is InChI=1S/C14H24N2O4S/c1-3-12-4-5-14(10-13(12)11-15)21(17,18)16-6-7-20-9-8-19-2/h4-5,10,16H,3,6-9,11,15H2,1-2H3. The number of nitrogens with one attached hydrogen (secondary N) is 1. The molecule has 21 heavy (non-hydrogen) atoms. The van der Waals surface area contributed by atoms with E-state index in [1.807, 2.05) is 13.0 Å². The predicted molar refractivity (Wildman–Crippen MR) is 81.6 cm³/mol. The van der Waals surface area contributed by atoms with Crippen molar-refractivity contribution >= 4 is 10.0 Å². The van der Waals surface area contributed by atoms with Crippen LogP contribution < -0.4 is 10.5 Å². The Labute approximate surface area is 126 Å². The molecular weight excluding hydrogens is 292 g/mol. The molecule has 0 amide bonds. The summed E-state index contributed by atoms with van der Waals surface area (Å²) in [6.45, 7) is 3.80. The van der Waals surface area contributed by atoms with E-state index >= 15 is 0 Å². The number of ether oxygens (including phenoxy) is 2. The van der Waals surface area contributed by atoms with Crippen molar-refractivity contribution in [2.45, 2.75) is 24.8 Å². The zero-order valence-electron chi connectivity index (χ0n) is 12.6. The van der Waals surface area contributed by atoms with E-state index < -0.39 is 10.0 Å². The molecule has 0 saturated heterocycles. The Kier molecular flexibility index (Phi) is 7.84. The topological polar surface area (TPSA) is 90.7 Å². The van der Waals surface area contributed by atoms with Gasteiger partial charge in [-0.3, -0.25) is 0 Å². The van der Waals surface area contributed by atoms with E-state index in [0.29, 0.717) is 26.4 Å². The van der Waals surface area contributed by atoms with E-state index in [-0.39, 0.29) is 11.4 Å². The Hall–Kier alpha value is -0.990. The SMILES string of the molecule is CCc1ccc(S(=O)(=O)NCCOCCOC)cc1CN. The van der Waals surface area contributed by atoms with Gasteiger partial charge in [0.1, 0.15) is 0 Å². The first-order chi connectivity index (χ1) is 10.0. The summed E-state index contributed by atoms with van der Waals surface area (Å²) in [6, 6.07) is 5.05. The molecule has 0 atom stereocenters. The van der Waals surface area contributed by atoms with E-state index in [0.717, 1.165) is 17.5 Å². The number of rotatable bonds is 10. The summed E-state index contributed by atoms with van der Waals surface area (Å²) in [5, 5.41) is 0. The molecule has 0 spiro atoms. The molecule has 0 aromatic heterocycles. The van der Waals surface area contributed by atoms with Crippen molar-refractivity contribution in [1.29, 1.82) is 0 Å². The van der Waals surface area contributed by atoms with E-state index in [1.54, 1.807) is 19.2 Å². The van der Waals surface area contributed by atoms with Gasteiger partial charge in [0.05, 0.1) is 24.7 Å². The van der Waals surface area contributed by atoms with E-state index in [4.69, 9.17) is 15.2 Å². The third-order valence-corrected chi connectivity index (χ3v) is 4.52. The zero-order valence-corrected chi connectivity index (χ0v) is 13.4. The fourth-order valence-electron chi connectivity index (χ4n) is 1.88. The molecule has 6 nitrogen and oxygen atoms in total. The van der Waals surface area contributed by atoms with Gasteiger partial charge >= 0.3 is 0 Å². The Bertz CT molecular complexity index is 532. The first kappa shape index (κ1) is 18.1. The molecule has 7 heteroatoms. The Morgan fingerprint density at radius 1 is 1.19 bits per heavy atom. The van der Waals surface area contributed by atoms with E-state index in [1.165, 1.54) is 0 Å². The monoisotopic (exact) mass is 316 g/mol. The molecule has 0 unspecified atom stereocenters. The summed E-state index contributed by atoms with van der Waals surface area (Å²) in [5.74, 6) is 0. The van der Waals surface area contributed by atoms with Crippen LogP contribution in [0.4, 0.5) is 0 Å². The van der Waals surface area contributed by atoms with Gasteiger partial charge < -0.3 is 15.2 Å². The smallest absolute Gasteiger partial charge is 0.240 e.